The van der Waals surface area contributed by atoms with E-state index >= 15 is 0 Å². The van der Waals surface area contributed by atoms with E-state index in [4.69, 9.17) is 0 Å². The summed E-state index contributed by atoms with van der Waals surface area (Å²) in [7, 11) is -3.37. The Kier molecular flexibility index (Phi) is 6.74. The van der Waals surface area contributed by atoms with E-state index in [9.17, 15) is 13.2 Å². The van der Waals surface area contributed by atoms with Gasteiger partial charge in [0.2, 0.25) is 15.9 Å². The summed E-state index contributed by atoms with van der Waals surface area (Å²) in [5.41, 5.74) is 3.25. The second kappa shape index (κ2) is 9.51. The smallest absolute Gasteiger partial charge is 0.236 e. The first-order valence-corrected chi connectivity index (χ1v) is 12.6. The van der Waals surface area contributed by atoms with E-state index in [0.717, 1.165) is 24.9 Å². The minimum Gasteiger partial charge on any atom is -0.339 e. The van der Waals surface area contributed by atoms with Crippen molar-refractivity contribution in [2.75, 3.05) is 32.7 Å². The molecule has 1 aliphatic heterocycles. The highest BCUT2D eigenvalue weighted by atomic mass is 32.2. The molecule has 1 aliphatic carbocycles. The molecule has 0 N–H and O–H groups in total. The average Bonchev–Trinajstić information content (AvgIpc) is 3.61. The summed E-state index contributed by atoms with van der Waals surface area (Å²) in [4.78, 5) is 17.0. The molecule has 0 bridgehead atoms. The lowest BCUT2D eigenvalue weighted by Crippen LogP contribution is -2.52. The van der Waals surface area contributed by atoms with E-state index in [1.807, 2.05) is 35.2 Å². The van der Waals surface area contributed by atoms with Crippen LogP contribution in [0.1, 0.15) is 29.5 Å². The molecule has 1 amide bonds. The van der Waals surface area contributed by atoms with Crippen LogP contribution in [-0.4, -0.2) is 67.2 Å². The first kappa shape index (κ1) is 22.0. The highest BCUT2D eigenvalue weighted by molar-refractivity contribution is 7.88. The van der Waals surface area contributed by atoms with Gasteiger partial charge in [-0.05, 0) is 30.9 Å². The Morgan fingerprint density at radius 3 is 2.19 bits per heavy atom. The Balaban J connectivity index is 1.30. The van der Waals surface area contributed by atoms with Gasteiger partial charge >= 0.3 is 0 Å². The predicted molar refractivity (Wildman–Crippen MR) is 122 cm³/mol. The Bertz CT molecular complexity index is 980. The van der Waals surface area contributed by atoms with Crippen LogP contribution in [0.15, 0.2) is 54.6 Å². The van der Waals surface area contributed by atoms with Crippen molar-refractivity contribution in [3.8, 4) is 0 Å². The number of amides is 1. The first-order chi connectivity index (χ1) is 14.9. The van der Waals surface area contributed by atoms with Crippen molar-refractivity contribution < 1.29 is 13.2 Å². The number of hydrogen-bond acceptors (Lipinski definition) is 4. The molecule has 1 heterocycles. The number of aryl methyl sites for hydroxylation is 1. The summed E-state index contributed by atoms with van der Waals surface area (Å²) in [5, 5.41) is 0. The van der Waals surface area contributed by atoms with Crippen molar-refractivity contribution in [2.45, 2.75) is 38.1 Å². The van der Waals surface area contributed by atoms with Gasteiger partial charge in [0.05, 0.1) is 12.3 Å². The van der Waals surface area contributed by atoms with E-state index < -0.39 is 10.0 Å². The Hall–Kier alpha value is -2.22. The van der Waals surface area contributed by atoms with E-state index in [2.05, 4.69) is 36.1 Å². The normalized spacial score (nSPS) is 17.8. The lowest BCUT2D eigenvalue weighted by atomic mass is 10.1. The van der Waals surface area contributed by atoms with Crippen LogP contribution in [0.4, 0.5) is 0 Å². The molecule has 0 spiro atoms. The number of rotatable bonds is 8. The maximum absolute atomic E-state index is 12.9. The van der Waals surface area contributed by atoms with Gasteiger partial charge in [0.1, 0.15) is 0 Å². The topological polar surface area (TPSA) is 60.9 Å². The summed E-state index contributed by atoms with van der Waals surface area (Å²) in [6.45, 7) is 4.89. The van der Waals surface area contributed by atoms with Gasteiger partial charge in [-0.15, -0.1) is 0 Å². The molecule has 0 radical (unpaired) electrons. The van der Waals surface area contributed by atoms with Crippen molar-refractivity contribution in [3.63, 3.8) is 0 Å². The summed E-state index contributed by atoms with van der Waals surface area (Å²) in [5.74, 6) is 0.104. The lowest BCUT2D eigenvalue weighted by Gasteiger charge is -2.35. The molecule has 1 saturated heterocycles. The number of carbonyl (C=O) groups excluding carboxylic acids is 1. The van der Waals surface area contributed by atoms with Gasteiger partial charge in [0.25, 0.3) is 0 Å². The second-order valence-corrected chi connectivity index (χ2v) is 10.6. The summed E-state index contributed by atoms with van der Waals surface area (Å²) in [6.07, 6.45) is 2.29. The number of hydrogen-bond donors (Lipinski definition) is 0. The molecule has 0 unspecified atom stereocenters. The maximum Gasteiger partial charge on any atom is 0.236 e. The SMILES string of the molecule is Cc1ccc(CN(CC(=O)N2CCN(S(=O)(=O)Cc3ccccc3)CC2)C2CC2)cc1. The van der Waals surface area contributed by atoms with Crippen LogP contribution in [0.3, 0.4) is 0 Å². The fraction of sp³-hybridized carbons (Fsp3) is 0.458. The van der Waals surface area contributed by atoms with Crippen molar-refractivity contribution in [1.82, 2.24) is 14.1 Å². The van der Waals surface area contributed by atoms with Crippen LogP contribution in [0, 0.1) is 6.92 Å². The molecule has 2 aliphatic rings. The van der Waals surface area contributed by atoms with Crippen molar-refractivity contribution in [2.24, 2.45) is 0 Å². The number of carbonyl (C=O) groups is 1. The Morgan fingerprint density at radius 2 is 1.58 bits per heavy atom. The first-order valence-electron chi connectivity index (χ1n) is 11.0. The van der Waals surface area contributed by atoms with Gasteiger partial charge in [-0.3, -0.25) is 9.69 Å². The van der Waals surface area contributed by atoms with Crippen molar-refractivity contribution >= 4 is 15.9 Å². The molecule has 2 aromatic carbocycles. The highest BCUT2D eigenvalue weighted by Gasteiger charge is 2.33. The summed E-state index contributed by atoms with van der Waals surface area (Å²) in [6, 6.07) is 18.2. The fourth-order valence-corrected chi connectivity index (χ4v) is 5.56. The molecule has 2 fully saturated rings. The van der Waals surface area contributed by atoms with Crippen molar-refractivity contribution in [1.29, 1.82) is 0 Å². The molecule has 7 heteroatoms. The zero-order valence-electron chi connectivity index (χ0n) is 18.1. The van der Waals surface area contributed by atoms with Crippen LogP contribution in [0.2, 0.25) is 0 Å². The Labute approximate surface area is 185 Å². The van der Waals surface area contributed by atoms with Gasteiger partial charge < -0.3 is 4.90 Å². The number of nitrogens with zero attached hydrogens (tertiary/aromatic N) is 3. The number of piperazine rings is 1. The maximum atomic E-state index is 12.9. The molecule has 6 nitrogen and oxygen atoms in total. The minimum atomic E-state index is -3.37. The van der Waals surface area contributed by atoms with Crippen LogP contribution in [-0.2, 0) is 27.1 Å². The molecule has 166 valence electrons. The van der Waals surface area contributed by atoms with Gasteiger partial charge in [-0.1, -0.05) is 60.2 Å². The third-order valence-corrected chi connectivity index (χ3v) is 7.93. The lowest BCUT2D eigenvalue weighted by molar-refractivity contribution is -0.133. The highest BCUT2D eigenvalue weighted by Crippen LogP contribution is 2.28. The number of benzene rings is 2. The molecule has 4 rings (SSSR count). The molecule has 2 aromatic rings. The van der Waals surface area contributed by atoms with E-state index in [0.29, 0.717) is 38.8 Å². The Morgan fingerprint density at radius 1 is 0.935 bits per heavy atom. The van der Waals surface area contributed by atoms with Gasteiger partial charge in [-0.2, -0.15) is 4.31 Å². The largest absolute Gasteiger partial charge is 0.339 e. The summed E-state index contributed by atoms with van der Waals surface area (Å²) < 4.78 is 27.0. The van der Waals surface area contributed by atoms with Crippen LogP contribution in [0.5, 0.6) is 0 Å². The molecule has 0 aromatic heterocycles. The fourth-order valence-electron chi connectivity index (χ4n) is 4.05. The third-order valence-electron chi connectivity index (χ3n) is 6.08. The average molecular weight is 442 g/mol. The summed E-state index contributed by atoms with van der Waals surface area (Å²) >= 11 is 0. The third kappa shape index (κ3) is 5.93. The molecule has 0 atom stereocenters. The minimum absolute atomic E-state index is 0.00773. The molecular formula is C24H31N3O3S. The molecular weight excluding hydrogens is 410 g/mol. The quantitative estimate of drug-likeness (QED) is 0.632. The van der Waals surface area contributed by atoms with Gasteiger partial charge in [0.15, 0.2) is 0 Å². The predicted octanol–water partition coefficient (Wildman–Crippen LogP) is 2.63. The van der Waals surface area contributed by atoms with Gasteiger partial charge in [-0.25, -0.2) is 8.42 Å². The van der Waals surface area contributed by atoms with Crippen molar-refractivity contribution in [3.05, 3.63) is 71.3 Å². The monoisotopic (exact) mass is 441 g/mol. The van der Waals surface area contributed by atoms with E-state index in [-0.39, 0.29) is 11.7 Å². The van der Waals surface area contributed by atoms with E-state index in [1.54, 1.807) is 0 Å². The van der Waals surface area contributed by atoms with Crippen LogP contribution < -0.4 is 0 Å². The van der Waals surface area contributed by atoms with Gasteiger partial charge in [0, 0.05) is 38.8 Å². The molecule has 31 heavy (non-hydrogen) atoms. The molecule has 1 saturated carbocycles. The second-order valence-electron chi connectivity index (χ2n) is 8.64. The number of sulfonamides is 1. The zero-order valence-corrected chi connectivity index (χ0v) is 18.9. The van der Waals surface area contributed by atoms with Crippen LogP contribution >= 0.6 is 0 Å². The zero-order chi connectivity index (χ0) is 21.8. The standard InChI is InChI=1S/C24H31N3O3S/c1-20-7-9-21(10-8-20)17-26(23-11-12-23)18-24(28)25-13-15-27(16-14-25)31(29,30)19-22-5-3-2-4-6-22/h2-10,23H,11-19H2,1H3. The van der Waals surface area contributed by atoms with Crippen LogP contribution in [0.25, 0.3) is 0 Å². The van der Waals surface area contributed by atoms with E-state index in [1.165, 1.54) is 15.4 Å².